The van der Waals surface area contributed by atoms with Gasteiger partial charge in [-0.3, -0.25) is 0 Å². The number of aromatic nitrogens is 1. The summed E-state index contributed by atoms with van der Waals surface area (Å²) in [6, 6.07) is 5.51. The maximum Gasteiger partial charge on any atom is 0.180 e. The molecule has 2 rings (SSSR count). The lowest BCUT2D eigenvalue weighted by Gasteiger charge is -2.05. The molecule has 96 valence electrons. The average molecular weight is 301 g/mol. The largest absolute Gasteiger partial charge is 0.375 e. The molecule has 0 saturated carbocycles. The molecule has 0 atom stereocenters. The minimum absolute atomic E-state index is 0.617. The van der Waals surface area contributed by atoms with Crippen molar-refractivity contribution in [1.29, 1.82) is 0 Å². The van der Waals surface area contributed by atoms with Crippen molar-refractivity contribution in [2.75, 3.05) is 5.73 Å². The van der Waals surface area contributed by atoms with Crippen molar-refractivity contribution in [2.24, 2.45) is 0 Å². The highest BCUT2D eigenvalue weighted by molar-refractivity contribution is 7.15. The van der Waals surface area contributed by atoms with Crippen LogP contribution in [0.5, 0.6) is 0 Å². The van der Waals surface area contributed by atoms with Crippen molar-refractivity contribution in [3.05, 3.63) is 44.4 Å². The Balaban J connectivity index is 2.30. The second kappa shape index (κ2) is 5.91. The Morgan fingerprint density at radius 2 is 2.11 bits per heavy atom. The fourth-order valence-corrected chi connectivity index (χ4v) is 3.11. The van der Waals surface area contributed by atoms with Gasteiger partial charge in [0.15, 0.2) is 5.13 Å². The van der Waals surface area contributed by atoms with Gasteiger partial charge in [0.1, 0.15) is 0 Å². The summed E-state index contributed by atoms with van der Waals surface area (Å²) < 4.78 is 0. The van der Waals surface area contributed by atoms with E-state index in [-0.39, 0.29) is 0 Å². The van der Waals surface area contributed by atoms with Crippen LogP contribution in [-0.4, -0.2) is 4.98 Å². The third-order valence-electron chi connectivity index (χ3n) is 2.64. The van der Waals surface area contributed by atoms with E-state index in [2.05, 4.69) is 11.9 Å². The minimum atomic E-state index is 0.617. The van der Waals surface area contributed by atoms with Crippen LogP contribution in [0.3, 0.4) is 0 Å². The van der Waals surface area contributed by atoms with Gasteiger partial charge < -0.3 is 5.73 Å². The number of anilines is 1. The molecule has 0 amide bonds. The maximum absolute atomic E-state index is 6.18. The van der Waals surface area contributed by atoms with E-state index in [1.807, 2.05) is 12.1 Å². The number of nitrogens with two attached hydrogens (primary N) is 1. The zero-order chi connectivity index (χ0) is 13.1. The lowest BCUT2D eigenvalue weighted by atomic mass is 10.1. The van der Waals surface area contributed by atoms with E-state index in [4.69, 9.17) is 28.9 Å². The van der Waals surface area contributed by atoms with Crippen LogP contribution in [0.4, 0.5) is 5.13 Å². The number of rotatable bonds is 4. The molecule has 0 radical (unpaired) electrons. The molecule has 2 aromatic rings. The molecule has 0 aliphatic rings. The summed E-state index contributed by atoms with van der Waals surface area (Å²) in [6.45, 7) is 2.13. The van der Waals surface area contributed by atoms with Gasteiger partial charge in [-0.05, 0) is 30.2 Å². The first-order valence-corrected chi connectivity index (χ1v) is 7.35. The fraction of sp³-hybridized carbons (Fsp3) is 0.308. The van der Waals surface area contributed by atoms with Crippen LogP contribution < -0.4 is 5.73 Å². The number of thiazole rings is 1. The third-order valence-corrected chi connectivity index (χ3v) is 4.17. The van der Waals surface area contributed by atoms with E-state index >= 15 is 0 Å². The highest BCUT2D eigenvalue weighted by Gasteiger charge is 2.11. The molecule has 0 aliphatic heterocycles. The van der Waals surface area contributed by atoms with Gasteiger partial charge in [-0.15, -0.1) is 11.3 Å². The smallest absolute Gasteiger partial charge is 0.180 e. The summed E-state index contributed by atoms with van der Waals surface area (Å²) in [5, 5.41) is 2.05. The van der Waals surface area contributed by atoms with Gasteiger partial charge in [-0.25, -0.2) is 4.98 Å². The van der Waals surface area contributed by atoms with Crippen molar-refractivity contribution in [1.82, 2.24) is 4.98 Å². The first-order chi connectivity index (χ1) is 8.60. The molecule has 0 bridgehead atoms. The van der Waals surface area contributed by atoms with Crippen LogP contribution in [-0.2, 0) is 12.8 Å². The molecule has 1 heterocycles. The maximum atomic E-state index is 6.18. The Labute approximate surface area is 121 Å². The molecular weight excluding hydrogens is 287 g/mol. The number of hydrogen-bond donors (Lipinski definition) is 1. The Bertz CT molecular complexity index is 552. The summed E-state index contributed by atoms with van der Waals surface area (Å²) >= 11 is 13.7. The zero-order valence-corrected chi connectivity index (χ0v) is 12.4. The van der Waals surface area contributed by atoms with Crippen LogP contribution in [0.15, 0.2) is 18.2 Å². The summed E-state index contributed by atoms with van der Waals surface area (Å²) in [7, 11) is 0. The van der Waals surface area contributed by atoms with Crippen LogP contribution >= 0.6 is 34.5 Å². The Hall–Kier alpha value is -0.770. The van der Waals surface area contributed by atoms with Crippen molar-refractivity contribution in [2.45, 2.75) is 26.2 Å². The number of halogens is 2. The predicted octanol–water partition coefficient (Wildman–Crippen LogP) is 4.58. The molecule has 0 saturated heterocycles. The van der Waals surface area contributed by atoms with Gasteiger partial charge >= 0.3 is 0 Å². The van der Waals surface area contributed by atoms with E-state index in [1.165, 1.54) is 16.2 Å². The number of nitrogen functional groups attached to an aromatic ring is 1. The number of benzene rings is 1. The van der Waals surface area contributed by atoms with Crippen molar-refractivity contribution < 1.29 is 0 Å². The number of nitrogens with zero attached hydrogens (tertiary/aromatic N) is 1. The highest BCUT2D eigenvalue weighted by Crippen LogP contribution is 2.29. The Morgan fingerprint density at radius 1 is 1.33 bits per heavy atom. The van der Waals surface area contributed by atoms with Crippen LogP contribution in [0.1, 0.15) is 29.5 Å². The SMILES string of the molecule is CCCc1nc(N)sc1Cc1cc(Cl)ccc1Cl. The summed E-state index contributed by atoms with van der Waals surface area (Å²) in [4.78, 5) is 5.55. The van der Waals surface area contributed by atoms with Crippen LogP contribution in [0, 0.1) is 0 Å². The van der Waals surface area contributed by atoms with Crippen molar-refractivity contribution in [3.8, 4) is 0 Å². The first-order valence-electron chi connectivity index (χ1n) is 5.78. The van der Waals surface area contributed by atoms with Gasteiger partial charge in [0.2, 0.25) is 0 Å². The first kappa shape index (κ1) is 13.7. The van der Waals surface area contributed by atoms with E-state index in [0.29, 0.717) is 10.2 Å². The van der Waals surface area contributed by atoms with Crippen LogP contribution in [0.2, 0.25) is 10.0 Å². The molecule has 0 fully saturated rings. The van der Waals surface area contributed by atoms with Gasteiger partial charge in [0.25, 0.3) is 0 Å². The standard InChI is InChI=1S/C13H14Cl2N2S/c1-2-3-11-12(18-13(16)17-11)7-8-6-9(14)4-5-10(8)15/h4-6H,2-3,7H2,1H3,(H2,16,17). The van der Waals surface area contributed by atoms with Gasteiger partial charge in [-0.1, -0.05) is 36.5 Å². The molecule has 0 spiro atoms. The third kappa shape index (κ3) is 3.16. The van der Waals surface area contributed by atoms with E-state index in [9.17, 15) is 0 Å². The second-order valence-electron chi connectivity index (χ2n) is 4.08. The van der Waals surface area contributed by atoms with Gasteiger partial charge in [-0.2, -0.15) is 0 Å². The second-order valence-corrected chi connectivity index (χ2v) is 6.04. The highest BCUT2D eigenvalue weighted by atomic mass is 35.5. The van der Waals surface area contributed by atoms with Crippen LogP contribution in [0.25, 0.3) is 0 Å². The Kier molecular flexibility index (Phi) is 4.49. The molecule has 0 aliphatic carbocycles. The van der Waals surface area contributed by atoms with E-state index in [0.717, 1.165) is 35.5 Å². The Morgan fingerprint density at radius 3 is 2.83 bits per heavy atom. The van der Waals surface area contributed by atoms with Crippen molar-refractivity contribution in [3.63, 3.8) is 0 Å². The topological polar surface area (TPSA) is 38.9 Å². The molecule has 1 aromatic heterocycles. The predicted molar refractivity (Wildman–Crippen MR) is 79.8 cm³/mol. The number of aryl methyl sites for hydroxylation is 1. The lowest BCUT2D eigenvalue weighted by Crippen LogP contribution is -1.93. The van der Waals surface area contributed by atoms with E-state index < -0.39 is 0 Å². The van der Waals surface area contributed by atoms with Gasteiger partial charge in [0, 0.05) is 21.3 Å². The quantitative estimate of drug-likeness (QED) is 0.898. The zero-order valence-electron chi connectivity index (χ0n) is 10.0. The summed E-state index contributed by atoms with van der Waals surface area (Å²) in [5.74, 6) is 0. The number of hydrogen-bond acceptors (Lipinski definition) is 3. The molecule has 1 aromatic carbocycles. The lowest BCUT2D eigenvalue weighted by molar-refractivity contribution is 0.879. The molecule has 2 N–H and O–H groups in total. The fourth-order valence-electron chi connectivity index (χ4n) is 1.83. The molecule has 18 heavy (non-hydrogen) atoms. The van der Waals surface area contributed by atoms with E-state index in [1.54, 1.807) is 6.07 Å². The minimum Gasteiger partial charge on any atom is -0.375 e. The average Bonchev–Trinajstić information content (AvgIpc) is 2.65. The molecule has 2 nitrogen and oxygen atoms in total. The molecule has 0 unspecified atom stereocenters. The molecule has 5 heteroatoms. The summed E-state index contributed by atoms with van der Waals surface area (Å²) in [5.41, 5.74) is 7.88. The monoisotopic (exact) mass is 300 g/mol. The van der Waals surface area contributed by atoms with Gasteiger partial charge in [0.05, 0.1) is 5.69 Å². The summed E-state index contributed by atoms with van der Waals surface area (Å²) in [6.07, 6.45) is 2.74. The normalized spacial score (nSPS) is 10.8. The molecular formula is C13H14Cl2N2S. The van der Waals surface area contributed by atoms with Crippen molar-refractivity contribution >= 4 is 39.7 Å².